The first-order valence-electron chi connectivity index (χ1n) is 11.5. The Bertz CT molecular complexity index is 1150. The van der Waals surface area contributed by atoms with Gasteiger partial charge in [-0.05, 0) is 63.3 Å². The Morgan fingerprint density at radius 3 is 2.30 bits per heavy atom. The maximum atomic E-state index is 10.2. The summed E-state index contributed by atoms with van der Waals surface area (Å²) in [5.74, 6) is 0.904. The lowest BCUT2D eigenvalue weighted by molar-refractivity contribution is 0.0781. The summed E-state index contributed by atoms with van der Waals surface area (Å²) in [5, 5.41) is 29.4. The largest absolute Gasteiger partial charge is 0.386 e. The van der Waals surface area contributed by atoms with Crippen molar-refractivity contribution < 1.29 is 5.11 Å². The highest BCUT2D eigenvalue weighted by atomic mass is 16.3. The molecule has 6 nitrogen and oxygen atoms in total. The first-order valence-corrected chi connectivity index (χ1v) is 11.5. The predicted octanol–water partition coefficient (Wildman–Crippen LogP) is 4.37. The zero-order chi connectivity index (χ0) is 23.6. The van der Waals surface area contributed by atoms with Gasteiger partial charge >= 0.3 is 0 Å². The van der Waals surface area contributed by atoms with Crippen molar-refractivity contribution in [1.29, 1.82) is 5.26 Å². The van der Waals surface area contributed by atoms with Gasteiger partial charge in [-0.25, -0.2) is 0 Å². The second-order valence-corrected chi connectivity index (χ2v) is 9.55. The van der Waals surface area contributed by atoms with E-state index < -0.39 is 11.0 Å². The van der Waals surface area contributed by atoms with E-state index in [1.807, 2.05) is 30.3 Å². The standard InChI is InChI=1S/C27H31N5O/c1-19-20(2)25(31-30-23(19)16-21-8-6-5-7-9-21)32-14-12-27(18-28,13-15-32)24-11-10-22(17-29-24)26(3,4)33/h5-11,17,33H,12-16H2,1-4H3. The van der Waals surface area contributed by atoms with E-state index in [-0.39, 0.29) is 0 Å². The Labute approximate surface area is 195 Å². The molecule has 3 heterocycles. The molecule has 1 aliphatic rings. The van der Waals surface area contributed by atoms with Crippen molar-refractivity contribution in [2.75, 3.05) is 18.0 Å². The van der Waals surface area contributed by atoms with Gasteiger partial charge in [-0.2, -0.15) is 10.4 Å². The van der Waals surface area contributed by atoms with Gasteiger partial charge in [-0.15, -0.1) is 5.10 Å². The van der Waals surface area contributed by atoms with Gasteiger partial charge in [0, 0.05) is 31.3 Å². The van der Waals surface area contributed by atoms with Gasteiger partial charge in [0.1, 0.15) is 5.41 Å². The highest BCUT2D eigenvalue weighted by molar-refractivity contribution is 5.51. The van der Waals surface area contributed by atoms with E-state index in [9.17, 15) is 10.4 Å². The molecule has 1 fully saturated rings. The van der Waals surface area contributed by atoms with Crippen LogP contribution < -0.4 is 4.90 Å². The van der Waals surface area contributed by atoms with E-state index in [4.69, 9.17) is 0 Å². The Balaban J connectivity index is 1.51. The second-order valence-electron chi connectivity index (χ2n) is 9.55. The molecule has 0 amide bonds. The van der Waals surface area contributed by atoms with Gasteiger partial charge in [0.05, 0.1) is 23.1 Å². The molecule has 0 saturated carbocycles. The number of pyridine rings is 1. The number of nitriles is 1. The summed E-state index contributed by atoms with van der Waals surface area (Å²) in [5.41, 5.74) is 4.48. The molecule has 33 heavy (non-hydrogen) atoms. The summed E-state index contributed by atoms with van der Waals surface area (Å²) < 4.78 is 0. The number of rotatable bonds is 5. The summed E-state index contributed by atoms with van der Waals surface area (Å²) in [4.78, 5) is 6.80. The lowest BCUT2D eigenvalue weighted by atomic mass is 9.76. The highest BCUT2D eigenvalue weighted by Gasteiger charge is 2.39. The number of aliphatic hydroxyl groups is 1. The van der Waals surface area contributed by atoms with Crippen LogP contribution in [-0.4, -0.2) is 33.4 Å². The molecule has 3 aromatic rings. The second kappa shape index (κ2) is 8.92. The summed E-state index contributed by atoms with van der Waals surface area (Å²) in [6, 6.07) is 16.6. The minimum atomic E-state index is -0.949. The lowest BCUT2D eigenvalue weighted by Gasteiger charge is -2.38. The van der Waals surface area contributed by atoms with Gasteiger partial charge in [-0.3, -0.25) is 4.98 Å². The average molecular weight is 442 g/mol. The number of anilines is 1. The van der Waals surface area contributed by atoms with E-state index in [1.54, 1.807) is 20.0 Å². The number of aromatic nitrogens is 3. The van der Waals surface area contributed by atoms with E-state index in [0.717, 1.165) is 47.8 Å². The zero-order valence-corrected chi connectivity index (χ0v) is 19.8. The van der Waals surface area contributed by atoms with Crippen LogP contribution in [0.1, 0.15) is 60.3 Å². The van der Waals surface area contributed by atoms with Crippen molar-refractivity contribution in [2.45, 2.75) is 58.0 Å². The summed E-state index contributed by atoms with van der Waals surface area (Å²) >= 11 is 0. The molecular formula is C27H31N5O. The maximum absolute atomic E-state index is 10.2. The fourth-order valence-corrected chi connectivity index (χ4v) is 4.46. The number of benzene rings is 1. The average Bonchev–Trinajstić information content (AvgIpc) is 2.83. The monoisotopic (exact) mass is 441 g/mol. The van der Waals surface area contributed by atoms with E-state index in [2.05, 4.69) is 52.1 Å². The maximum Gasteiger partial charge on any atom is 0.154 e. The third-order valence-corrected chi connectivity index (χ3v) is 6.90. The van der Waals surface area contributed by atoms with Crippen LogP contribution in [0.2, 0.25) is 0 Å². The van der Waals surface area contributed by atoms with Crippen LogP contribution in [0.5, 0.6) is 0 Å². The Morgan fingerprint density at radius 2 is 1.73 bits per heavy atom. The highest BCUT2D eigenvalue weighted by Crippen LogP contribution is 2.36. The molecule has 1 saturated heterocycles. The van der Waals surface area contributed by atoms with E-state index >= 15 is 0 Å². The zero-order valence-electron chi connectivity index (χ0n) is 19.8. The molecule has 6 heteroatoms. The van der Waals surface area contributed by atoms with Crippen LogP contribution in [0.3, 0.4) is 0 Å². The van der Waals surface area contributed by atoms with Crippen LogP contribution in [-0.2, 0) is 17.4 Å². The van der Waals surface area contributed by atoms with Crippen molar-refractivity contribution in [3.8, 4) is 6.07 Å². The van der Waals surface area contributed by atoms with Crippen molar-refractivity contribution in [3.05, 3.63) is 82.3 Å². The summed E-state index contributed by atoms with van der Waals surface area (Å²) in [6.07, 6.45) is 3.80. The van der Waals surface area contributed by atoms with Gasteiger partial charge < -0.3 is 10.0 Å². The van der Waals surface area contributed by atoms with Gasteiger partial charge in [0.25, 0.3) is 0 Å². The molecule has 0 spiro atoms. The fraction of sp³-hybridized carbons (Fsp3) is 0.407. The summed E-state index contributed by atoms with van der Waals surface area (Å²) in [7, 11) is 0. The number of hydrogen-bond donors (Lipinski definition) is 1. The van der Waals surface area contributed by atoms with E-state index in [0.29, 0.717) is 12.8 Å². The molecule has 0 atom stereocenters. The molecule has 4 rings (SSSR count). The van der Waals surface area contributed by atoms with E-state index in [1.165, 1.54) is 11.1 Å². The van der Waals surface area contributed by atoms with Crippen LogP contribution in [0, 0.1) is 25.2 Å². The Kier molecular flexibility index (Phi) is 6.18. The van der Waals surface area contributed by atoms with Gasteiger partial charge in [0.2, 0.25) is 0 Å². The molecule has 1 aliphatic heterocycles. The third-order valence-electron chi connectivity index (χ3n) is 6.90. The molecule has 1 aromatic carbocycles. The smallest absolute Gasteiger partial charge is 0.154 e. The molecule has 1 N–H and O–H groups in total. The van der Waals surface area contributed by atoms with Crippen molar-refractivity contribution in [1.82, 2.24) is 15.2 Å². The quantitative estimate of drug-likeness (QED) is 0.633. The number of nitrogens with zero attached hydrogens (tertiary/aromatic N) is 5. The van der Waals surface area contributed by atoms with Crippen molar-refractivity contribution in [3.63, 3.8) is 0 Å². The Morgan fingerprint density at radius 1 is 1.03 bits per heavy atom. The minimum absolute atomic E-state index is 0.627. The third kappa shape index (κ3) is 4.60. The van der Waals surface area contributed by atoms with Crippen LogP contribution in [0.4, 0.5) is 5.82 Å². The van der Waals surface area contributed by atoms with Crippen LogP contribution in [0.25, 0.3) is 0 Å². The Hall–Kier alpha value is -3.30. The fourth-order valence-electron chi connectivity index (χ4n) is 4.46. The van der Waals surface area contributed by atoms with Crippen LogP contribution in [0.15, 0.2) is 48.7 Å². The topological polar surface area (TPSA) is 85.9 Å². The SMILES string of the molecule is Cc1c(Cc2ccccc2)nnc(N2CCC(C#N)(c3ccc(C(C)(C)O)cn3)CC2)c1C. The summed E-state index contributed by atoms with van der Waals surface area (Å²) in [6.45, 7) is 9.13. The van der Waals surface area contributed by atoms with Crippen molar-refractivity contribution in [2.24, 2.45) is 0 Å². The number of piperidine rings is 1. The molecule has 0 radical (unpaired) electrons. The molecule has 2 aromatic heterocycles. The first kappa shape index (κ1) is 22.9. The van der Waals surface area contributed by atoms with Crippen molar-refractivity contribution >= 4 is 5.82 Å². The minimum Gasteiger partial charge on any atom is -0.386 e. The number of hydrogen-bond acceptors (Lipinski definition) is 6. The molecule has 0 unspecified atom stereocenters. The predicted molar refractivity (Wildman–Crippen MR) is 129 cm³/mol. The van der Waals surface area contributed by atoms with Crippen LogP contribution >= 0.6 is 0 Å². The van der Waals surface area contributed by atoms with Gasteiger partial charge in [-0.1, -0.05) is 36.4 Å². The lowest BCUT2D eigenvalue weighted by Crippen LogP contribution is -2.43. The molecule has 170 valence electrons. The normalized spacial score (nSPS) is 15.8. The molecule has 0 bridgehead atoms. The molecular weight excluding hydrogens is 410 g/mol. The first-order chi connectivity index (χ1) is 15.7. The molecule has 0 aliphatic carbocycles. The van der Waals surface area contributed by atoms with Gasteiger partial charge in [0.15, 0.2) is 5.82 Å².